The van der Waals surface area contributed by atoms with Crippen molar-refractivity contribution in [2.75, 3.05) is 26.2 Å². The minimum Gasteiger partial charge on any atom is -0.480 e. The number of guanidine groups is 1. The molecule has 4 unspecified atom stereocenters. The van der Waals surface area contributed by atoms with E-state index >= 15 is 0 Å². The Morgan fingerprint density at radius 1 is 0.722 bits per heavy atom. The Hall–Kier alpha value is -3.01. The zero-order valence-electron chi connectivity index (χ0n) is 20.7. The van der Waals surface area contributed by atoms with E-state index < -0.39 is 54.5 Å². The molecular weight excluding hydrogens is 474 g/mol. The van der Waals surface area contributed by atoms with Crippen LogP contribution in [0.3, 0.4) is 0 Å². The summed E-state index contributed by atoms with van der Waals surface area (Å²) in [5, 5.41) is 26.1. The van der Waals surface area contributed by atoms with Crippen molar-refractivity contribution in [3.8, 4) is 0 Å². The highest BCUT2D eigenvalue weighted by Gasteiger charge is 2.29. The molecule has 36 heavy (non-hydrogen) atoms. The van der Waals surface area contributed by atoms with Gasteiger partial charge in [0.2, 0.25) is 17.7 Å². The number of nitrogens with zero attached hydrogens (tertiary/aromatic N) is 1. The molecule has 208 valence electrons. The van der Waals surface area contributed by atoms with Crippen molar-refractivity contribution < 1.29 is 29.4 Å². The number of carbonyl (C=O) groups excluding carboxylic acids is 3. The molecule has 0 radical (unpaired) electrons. The number of aliphatic carboxylic acids is 1. The van der Waals surface area contributed by atoms with E-state index in [9.17, 15) is 24.3 Å². The van der Waals surface area contributed by atoms with Gasteiger partial charge in [-0.1, -0.05) is 0 Å². The zero-order chi connectivity index (χ0) is 27.5. The van der Waals surface area contributed by atoms with Crippen LogP contribution in [0.25, 0.3) is 0 Å². The van der Waals surface area contributed by atoms with Crippen LogP contribution >= 0.6 is 0 Å². The second-order valence-corrected chi connectivity index (χ2v) is 8.33. The maximum absolute atomic E-state index is 13.0. The van der Waals surface area contributed by atoms with Crippen LogP contribution in [0.4, 0.5) is 0 Å². The molecule has 0 aliphatic heterocycles. The van der Waals surface area contributed by atoms with Crippen molar-refractivity contribution in [3.63, 3.8) is 0 Å². The van der Waals surface area contributed by atoms with Crippen molar-refractivity contribution in [1.82, 2.24) is 16.0 Å². The molecule has 0 bridgehead atoms. The van der Waals surface area contributed by atoms with Crippen molar-refractivity contribution >= 4 is 29.7 Å². The summed E-state index contributed by atoms with van der Waals surface area (Å²) in [6.45, 7) is 0.340. The van der Waals surface area contributed by atoms with E-state index in [0.29, 0.717) is 45.2 Å². The minimum absolute atomic E-state index is 0.112. The van der Waals surface area contributed by atoms with Gasteiger partial charge < -0.3 is 54.8 Å². The molecule has 0 aromatic rings. The first-order valence-electron chi connectivity index (χ1n) is 12.0. The molecule has 0 rings (SSSR count). The lowest BCUT2D eigenvalue weighted by Crippen LogP contribution is -2.57. The molecule has 15 N–H and O–H groups in total. The monoisotopic (exact) mass is 517 g/mol. The highest BCUT2D eigenvalue weighted by molar-refractivity contribution is 5.94. The third-order valence-corrected chi connectivity index (χ3v) is 5.25. The predicted molar refractivity (Wildman–Crippen MR) is 134 cm³/mol. The number of amides is 3. The SMILES string of the molecule is NCCCCC(NC(=O)C(CCCCN)NC(=O)C(CCCN=C(N)N)NC(=O)C(N)CO)C(=O)O. The Morgan fingerprint density at radius 3 is 1.61 bits per heavy atom. The van der Waals surface area contributed by atoms with Gasteiger partial charge in [-0.2, -0.15) is 0 Å². The molecule has 15 heteroatoms. The van der Waals surface area contributed by atoms with Crippen LogP contribution in [0.5, 0.6) is 0 Å². The minimum atomic E-state index is -1.24. The molecule has 4 atom stereocenters. The summed E-state index contributed by atoms with van der Waals surface area (Å²) in [7, 11) is 0. The van der Waals surface area contributed by atoms with E-state index in [-0.39, 0.29) is 31.8 Å². The van der Waals surface area contributed by atoms with Gasteiger partial charge in [0.1, 0.15) is 24.2 Å². The fourth-order valence-corrected chi connectivity index (χ4v) is 3.19. The highest BCUT2D eigenvalue weighted by atomic mass is 16.4. The van der Waals surface area contributed by atoms with Gasteiger partial charge in [-0.15, -0.1) is 0 Å². The van der Waals surface area contributed by atoms with E-state index in [4.69, 9.17) is 33.8 Å². The molecule has 15 nitrogen and oxygen atoms in total. The summed E-state index contributed by atoms with van der Waals surface area (Å²) in [4.78, 5) is 53.6. The van der Waals surface area contributed by atoms with Crippen LogP contribution in [-0.4, -0.2) is 90.3 Å². The molecule has 0 fully saturated rings. The maximum atomic E-state index is 13.0. The summed E-state index contributed by atoms with van der Waals surface area (Å²) in [5.74, 6) is -3.43. The van der Waals surface area contributed by atoms with Crippen LogP contribution in [0, 0.1) is 0 Å². The van der Waals surface area contributed by atoms with E-state index in [1.54, 1.807) is 0 Å². The Kier molecular flexibility index (Phi) is 17.6. The number of aliphatic hydroxyl groups is 1. The molecule has 0 saturated heterocycles. The lowest BCUT2D eigenvalue weighted by atomic mass is 10.0. The fourth-order valence-electron chi connectivity index (χ4n) is 3.19. The second-order valence-electron chi connectivity index (χ2n) is 8.33. The van der Waals surface area contributed by atoms with E-state index in [2.05, 4.69) is 20.9 Å². The number of nitrogens with two attached hydrogens (primary N) is 5. The molecule has 3 amide bonds. The van der Waals surface area contributed by atoms with Crippen molar-refractivity contribution in [2.24, 2.45) is 33.7 Å². The zero-order valence-corrected chi connectivity index (χ0v) is 20.7. The van der Waals surface area contributed by atoms with Crippen LogP contribution in [0.2, 0.25) is 0 Å². The number of hydrogen-bond acceptors (Lipinski definition) is 9. The topological polar surface area (TPSA) is 287 Å². The number of rotatable bonds is 20. The van der Waals surface area contributed by atoms with Gasteiger partial charge in [-0.25, -0.2) is 4.79 Å². The Bertz CT molecular complexity index is 718. The van der Waals surface area contributed by atoms with Gasteiger partial charge in [0.05, 0.1) is 6.61 Å². The number of carboxylic acids is 1. The number of aliphatic imine (C=N–C) groups is 1. The van der Waals surface area contributed by atoms with E-state index in [1.807, 2.05) is 0 Å². The Labute approximate surface area is 211 Å². The molecule has 0 aliphatic rings. The number of nitrogens with one attached hydrogen (secondary N) is 3. The Morgan fingerprint density at radius 2 is 1.17 bits per heavy atom. The summed E-state index contributed by atoms with van der Waals surface area (Å²) in [5.41, 5.74) is 27.1. The van der Waals surface area contributed by atoms with Crippen LogP contribution in [0.1, 0.15) is 51.4 Å². The summed E-state index contributed by atoms with van der Waals surface area (Å²) in [6.07, 6.45) is 3.01. The van der Waals surface area contributed by atoms with Crippen LogP contribution in [0.15, 0.2) is 4.99 Å². The van der Waals surface area contributed by atoms with Crippen molar-refractivity contribution in [3.05, 3.63) is 0 Å². The van der Waals surface area contributed by atoms with Crippen LogP contribution in [-0.2, 0) is 19.2 Å². The summed E-state index contributed by atoms with van der Waals surface area (Å²) < 4.78 is 0. The first-order chi connectivity index (χ1) is 17.1. The molecule has 0 aromatic carbocycles. The third kappa shape index (κ3) is 14.4. The molecular formula is C21H43N9O6. The fraction of sp³-hybridized carbons (Fsp3) is 0.762. The average Bonchev–Trinajstić information content (AvgIpc) is 2.83. The first kappa shape index (κ1) is 33.0. The smallest absolute Gasteiger partial charge is 0.326 e. The van der Waals surface area contributed by atoms with Crippen molar-refractivity contribution in [2.45, 2.75) is 75.5 Å². The summed E-state index contributed by atoms with van der Waals surface area (Å²) >= 11 is 0. The lowest BCUT2D eigenvalue weighted by Gasteiger charge is -2.25. The lowest BCUT2D eigenvalue weighted by molar-refractivity contribution is -0.142. The number of carbonyl (C=O) groups is 4. The average molecular weight is 518 g/mol. The third-order valence-electron chi connectivity index (χ3n) is 5.25. The number of aliphatic hydroxyl groups excluding tert-OH is 1. The quantitative estimate of drug-likeness (QED) is 0.0423. The molecule has 0 heterocycles. The van der Waals surface area contributed by atoms with E-state index in [0.717, 1.165) is 0 Å². The molecule has 0 aliphatic carbocycles. The van der Waals surface area contributed by atoms with Gasteiger partial charge in [0, 0.05) is 6.54 Å². The van der Waals surface area contributed by atoms with Gasteiger partial charge in [-0.05, 0) is 64.5 Å². The van der Waals surface area contributed by atoms with Crippen LogP contribution < -0.4 is 44.6 Å². The summed E-state index contributed by atoms with van der Waals surface area (Å²) in [6, 6.07) is -4.56. The maximum Gasteiger partial charge on any atom is 0.326 e. The van der Waals surface area contributed by atoms with Gasteiger partial charge in [0.25, 0.3) is 0 Å². The predicted octanol–water partition coefficient (Wildman–Crippen LogP) is -3.84. The molecule has 0 saturated carbocycles. The van der Waals surface area contributed by atoms with Gasteiger partial charge >= 0.3 is 5.97 Å². The number of unbranched alkanes of at least 4 members (excludes halogenated alkanes) is 2. The van der Waals surface area contributed by atoms with Gasteiger partial charge in [0.15, 0.2) is 5.96 Å². The second kappa shape index (κ2) is 19.2. The van der Waals surface area contributed by atoms with Gasteiger partial charge in [-0.3, -0.25) is 19.4 Å². The molecule has 0 spiro atoms. The highest BCUT2D eigenvalue weighted by Crippen LogP contribution is 2.07. The molecule has 0 aromatic heterocycles. The normalized spacial score (nSPS) is 14.1. The van der Waals surface area contributed by atoms with E-state index in [1.165, 1.54) is 0 Å². The number of carboxylic acid groups (broad SMARTS) is 1. The largest absolute Gasteiger partial charge is 0.480 e. The Balaban J connectivity index is 5.51. The number of hydrogen-bond donors (Lipinski definition) is 10. The van der Waals surface area contributed by atoms with Crippen molar-refractivity contribution in [1.29, 1.82) is 0 Å². The standard InChI is InChI=1S/C21H43N9O6/c22-9-3-1-6-14(19(34)30-16(20(35)36)7-2-4-10-23)29-18(33)15(8-5-11-27-21(25)26)28-17(32)13(24)12-31/h13-16,31H,1-12,22-24H2,(H,28,32)(H,29,33)(H,30,34)(H,35,36)(H4,25,26,27). The first-order valence-corrected chi connectivity index (χ1v) is 12.0.